The molecule has 2 rings (SSSR count). The van der Waals surface area contributed by atoms with Crippen molar-refractivity contribution in [3.63, 3.8) is 0 Å². The molecule has 1 aliphatic rings. The predicted molar refractivity (Wildman–Crippen MR) is 70.5 cm³/mol. The van der Waals surface area contributed by atoms with Crippen molar-refractivity contribution < 1.29 is 8.78 Å². The van der Waals surface area contributed by atoms with Gasteiger partial charge in [0.1, 0.15) is 0 Å². The molecule has 0 aromatic heterocycles. The molecule has 0 fully saturated rings. The fraction of sp³-hybridized carbons (Fsp3) is 0.571. The fourth-order valence-electron chi connectivity index (χ4n) is 2.54. The lowest BCUT2D eigenvalue weighted by Crippen LogP contribution is -2.26. The minimum Gasteiger partial charge on any atom is -0.365 e. The van der Waals surface area contributed by atoms with E-state index in [1.165, 1.54) is 11.1 Å². The number of nitrogens with one attached hydrogen (secondary N) is 1. The molecule has 1 heterocycles. The molecule has 1 atom stereocenters. The number of benzene rings is 1. The number of hydrogen-bond acceptors (Lipinski definition) is 2. The van der Waals surface area contributed by atoms with Crippen LogP contribution in [-0.2, 0) is 6.42 Å². The van der Waals surface area contributed by atoms with E-state index in [0.717, 1.165) is 18.7 Å². The first-order valence-corrected chi connectivity index (χ1v) is 6.51. The number of anilines is 1. The summed E-state index contributed by atoms with van der Waals surface area (Å²) in [6.45, 7) is 5.68. The normalized spacial score (nSPS) is 16.2. The maximum atomic E-state index is 12.4. The van der Waals surface area contributed by atoms with E-state index < -0.39 is 6.43 Å². The van der Waals surface area contributed by atoms with E-state index in [1.807, 2.05) is 12.1 Å². The van der Waals surface area contributed by atoms with Gasteiger partial charge >= 0.3 is 0 Å². The summed E-state index contributed by atoms with van der Waals surface area (Å²) in [6, 6.07) is 6.47. The Bertz CT molecular complexity index is 407. The molecule has 1 aromatic rings. The number of hydrogen-bond donors (Lipinski definition) is 1. The minimum absolute atomic E-state index is 0.158. The molecular weight excluding hydrogens is 234 g/mol. The first-order valence-electron chi connectivity index (χ1n) is 6.51. The summed E-state index contributed by atoms with van der Waals surface area (Å²) in [5, 5.41) is 3.36. The van der Waals surface area contributed by atoms with Gasteiger partial charge in [0.2, 0.25) is 0 Å². The van der Waals surface area contributed by atoms with Crippen molar-refractivity contribution in [3.8, 4) is 0 Å². The van der Waals surface area contributed by atoms with Gasteiger partial charge in [-0.3, -0.25) is 0 Å². The van der Waals surface area contributed by atoms with Gasteiger partial charge in [0.15, 0.2) is 0 Å². The molecular formula is C14H20F2N2. The number of alkyl halides is 2. The van der Waals surface area contributed by atoms with Crippen LogP contribution in [0.2, 0.25) is 0 Å². The average Bonchev–Trinajstić information content (AvgIpc) is 2.71. The Hall–Kier alpha value is -1.16. The first kappa shape index (κ1) is 13.3. The third kappa shape index (κ3) is 2.80. The van der Waals surface area contributed by atoms with E-state index in [9.17, 15) is 8.78 Å². The van der Waals surface area contributed by atoms with Crippen LogP contribution in [0.25, 0.3) is 0 Å². The Morgan fingerprint density at radius 3 is 2.83 bits per heavy atom. The molecule has 100 valence electrons. The van der Waals surface area contributed by atoms with Gasteiger partial charge in [-0.1, -0.05) is 19.1 Å². The second-order valence-electron chi connectivity index (χ2n) is 4.75. The van der Waals surface area contributed by atoms with Gasteiger partial charge in [-0.05, 0) is 37.1 Å². The first-order chi connectivity index (χ1) is 8.61. The molecule has 0 saturated carbocycles. The SMILES string of the molecule is CCNC(C)c1ccc2c(c1)CCN2CC(F)F. The zero-order chi connectivity index (χ0) is 13.1. The molecule has 1 aliphatic heterocycles. The number of nitrogens with zero attached hydrogens (tertiary/aromatic N) is 1. The van der Waals surface area contributed by atoms with Crippen LogP contribution in [0.15, 0.2) is 18.2 Å². The zero-order valence-corrected chi connectivity index (χ0v) is 10.9. The van der Waals surface area contributed by atoms with Crippen LogP contribution in [0.5, 0.6) is 0 Å². The highest BCUT2D eigenvalue weighted by Gasteiger charge is 2.22. The molecule has 1 aromatic carbocycles. The summed E-state index contributed by atoms with van der Waals surface area (Å²) >= 11 is 0. The van der Waals surface area contributed by atoms with Gasteiger partial charge in [-0.25, -0.2) is 8.78 Å². The van der Waals surface area contributed by atoms with Gasteiger partial charge in [-0.2, -0.15) is 0 Å². The monoisotopic (exact) mass is 254 g/mol. The van der Waals surface area contributed by atoms with Gasteiger partial charge < -0.3 is 10.2 Å². The molecule has 4 heteroatoms. The fourth-order valence-corrected chi connectivity index (χ4v) is 2.54. The van der Waals surface area contributed by atoms with E-state index >= 15 is 0 Å². The maximum Gasteiger partial charge on any atom is 0.255 e. The van der Waals surface area contributed by atoms with E-state index in [-0.39, 0.29) is 6.54 Å². The molecule has 0 saturated heterocycles. The summed E-state index contributed by atoms with van der Waals surface area (Å²) in [5.41, 5.74) is 3.40. The molecule has 0 aliphatic carbocycles. The summed E-state index contributed by atoms with van der Waals surface area (Å²) in [6.07, 6.45) is -1.40. The van der Waals surface area contributed by atoms with Crippen molar-refractivity contribution >= 4 is 5.69 Å². The Labute approximate surface area is 107 Å². The van der Waals surface area contributed by atoms with Crippen LogP contribution < -0.4 is 10.2 Å². The van der Waals surface area contributed by atoms with Gasteiger partial charge in [-0.15, -0.1) is 0 Å². The van der Waals surface area contributed by atoms with Crippen molar-refractivity contribution in [2.75, 3.05) is 24.5 Å². The van der Waals surface area contributed by atoms with Crippen LogP contribution >= 0.6 is 0 Å². The second-order valence-corrected chi connectivity index (χ2v) is 4.75. The van der Waals surface area contributed by atoms with Crippen molar-refractivity contribution in [1.82, 2.24) is 5.32 Å². The van der Waals surface area contributed by atoms with Crippen molar-refractivity contribution in [3.05, 3.63) is 29.3 Å². The van der Waals surface area contributed by atoms with Gasteiger partial charge in [0.05, 0.1) is 6.54 Å². The highest BCUT2D eigenvalue weighted by atomic mass is 19.3. The topological polar surface area (TPSA) is 15.3 Å². The average molecular weight is 254 g/mol. The highest BCUT2D eigenvalue weighted by molar-refractivity contribution is 5.59. The number of rotatable bonds is 5. The predicted octanol–water partition coefficient (Wildman–Crippen LogP) is 2.98. The van der Waals surface area contributed by atoms with Crippen LogP contribution in [0.4, 0.5) is 14.5 Å². The Morgan fingerprint density at radius 1 is 1.39 bits per heavy atom. The van der Waals surface area contributed by atoms with Gasteiger partial charge in [0, 0.05) is 18.3 Å². The number of fused-ring (bicyclic) bond motifs is 1. The third-order valence-corrected chi connectivity index (χ3v) is 3.46. The van der Waals surface area contributed by atoms with Crippen molar-refractivity contribution in [2.45, 2.75) is 32.7 Å². The molecule has 0 spiro atoms. The van der Waals surface area contributed by atoms with Crippen LogP contribution in [0, 0.1) is 0 Å². The van der Waals surface area contributed by atoms with Crippen LogP contribution in [0.1, 0.15) is 31.0 Å². The van der Waals surface area contributed by atoms with E-state index in [1.54, 1.807) is 4.90 Å². The molecule has 18 heavy (non-hydrogen) atoms. The summed E-state index contributed by atoms with van der Waals surface area (Å²) in [7, 11) is 0. The second kappa shape index (κ2) is 5.65. The molecule has 0 amide bonds. The Balaban J connectivity index is 2.15. The van der Waals surface area contributed by atoms with Crippen LogP contribution in [-0.4, -0.2) is 26.1 Å². The lowest BCUT2D eigenvalue weighted by Gasteiger charge is -2.19. The van der Waals surface area contributed by atoms with Gasteiger partial charge in [0.25, 0.3) is 6.43 Å². The lowest BCUT2D eigenvalue weighted by atomic mass is 10.0. The standard InChI is InChI=1S/C14H20F2N2/c1-3-17-10(2)11-4-5-13-12(8-11)6-7-18(13)9-14(15)16/h4-5,8,10,14,17H,3,6-7,9H2,1-2H3. The lowest BCUT2D eigenvalue weighted by molar-refractivity contribution is 0.155. The summed E-state index contributed by atoms with van der Waals surface area (Å²) in [5.74, 6) is 0. The Kier molecular flexibility index (Phi) is 4.17. The number of halogens is 2. The van der Waals surface area contributed by atoms with Crippen molar-refractivity contribution in [1.29, 1.82) is 0 Å². The maximum absolute atomic E-state index is 12.4. The van der Waals surface area contributed by atoms with E-state index in [4.69, 9.17) is 0 Å². The zero-order valence-electron chi connectivity index (χ0n) is 10.9. The minimum atomic E-state index is -2.27. The molecule has 0 radical (unpaired) electrons. The molecule has 2 nitrogen and oxygen atoms in total. The van der Waals surface area contributed by atoms with Crippen LogP contribution in [0.3, 0.4) is 0 Å². The summed E-state index contributed by atoms with van der Waals surface area (Å²) in [4.78, 5) is 1.78. The highest BCUT2D eigenvalue weighted by Crippen LogP contribution is 2.30. The van der Waals surface area contributed by atoms with E-state index in [0.29, 0.717) is 12.6 Å². The largest absolute Gasteiger partial charge is 0.365 e. The third-order valence-electron chi connectivity index (χ3n) is 3.46. The van der Waals surface area contributed by atoms with E-state index in [2.05, 4.69) is 25.2 Å². The molecule has 1 N–H and O–H groups in total. The smallest absolute Gasteiger partial charge is 0.255 e. The summed E-state index contributed by atoms with van der Waals surface area (Å²) < 4.78 is 24.9. The van der Waals surface area contributed by atoms with Crippen molar-refractivity contribution in [2.24, 2.45) is 0 Å². The quantitative estimate of drug-likeness (QED) is 0.869. The molecule has 1 unspecified atom stereocenters. The molecule has 0 bridgehead atoms. The Morgan fingerprint density at radius 2 is 2.17 bits per heavy atom.